The lowest BCUT2D eigenvalue weighted by atomic mass is 9.95. The second-order valence-corrected chi connectivity index (χ2v) is 4.91. The van der Waals surface area contributed by atoms with Crippen LogP contribution in [0.1, 0.15) is 25.7 Å². The van der Waals surface area contributed by atoms with Gasteiger partial charge in [0.2, 0.25) is 5.91 Å². The van der Waals surface area contributed by atoms with Gasteiger partial charge >= 0.3 is 0 Å². The Hall–Kier alpha value is -0.320. The summed E-state index contributed by atoms with van der Waals surface area (Å²) in [6.07, 6.45) is 5.03. The average Bonchev–Trinajstić information content (AvgIpc) is 2.95. The molecule has 0 aromatic carbocycles. The maximum absolute atomic E-state index is 11.9. The first-order chi connectivity index (χ1) is 7.33. The van der Waals surface area contributed by atoms with Crippen molar-refractivity contribution >= 4 is 18.3 Å². The van der Waals surface area contributed by atoms with Crippen molar-refractivity contribution in [1.82, 2.24) is 10.6 Å². The number of fused-ring (bicyclic) bond motifs is 2. The molecule has 5 heteroatoms. The number of carbonyl (C=O) groups excluding carboxylic acids is 1. The van der Waals surface area contributed by atoms with Gasteiger partial charge in [-0.3, -0.25) is 4.79 Å². The molecule has 16 heavy (non-hydrogen) atoms. The van der Waals surface area contributed by atoms with E-state index in [1.165, 1.54) is 6.42 Å². The Morgan fingerprint density at radius 3 is 2.75 bits per heavy atom. The Kier molecular flexibility index (Phi) is 3.72. The highest BCUT2D eigenvalue weighted by atomic mass is 35.5. The van der Waals surface area contributed by atoms with E-state index in [0.717, 1.165) is 32.4 Å². The predicted octanol–water partition coefficient (Wildman–Crippen LogP) is 0.454. The molecule has 0 radical (unpaired) electrons. The summed E-state index contributed by atoms with van der Waals surface area (Å²) in [6, 6.07) is 0.289. The number of hydrogen-bond donors (Lipinski definition) is 2. The number of ether oxygens (including phenoxy) is 1. The molecule has 92 valence electrons. The van der Waals surface area contributed by atoms with Crippen LogP contribution in [0.5, 0.6) is 0 Å². The molecule has 4 atom stereocenters. The molecule has 0 saturated carbocycles. The summed E-state index contributed by atoms with van der Waals surface area (Å²) < 4.78 is 5.72. The molecule has 0 spiro atoms. The minimum atomic E-state index is 0. The van der Waals surface area contributed by atoms with Crippen molar-refractivity contribution in [3.8, 4) is 0 Å². The zero-order chi connectivity index (χ0) is 10.3. The second-order valence-electron chi connectivity index (χ2n) is 4.91. The molecule has 3 saturated heterocycles. The normalized spacial score (nSPS) is 40.8. The van der Waals surface area contributed by atoms with Crippen LogP contribution < -0.4 is 10.6 Å². The summed E-state index contributed by atoms with van der Waals surface area (Å²) >= 11 is 0. The fourth-order valence-electron chi connectivity index (χ4n) is 2.97. The van der Waals surface area contributed by atoms with E-state index >= 15 is 0 Å². The maximum atomic E-state index is 11.9. The van der Waals surface area contributed by atoms with Gasteiger partial charge in [-0.1, -0.05) is 0 Å². The highest BCUT2D eigenvalue weighted by Crippen LogP contribution is 2.34. The zero-order valence-corrected chi connectivity index (χ0v) is 10.1. The van der Waals surface area contributed by atoms with Gasteiger partial charge in [-0.25, -0.2) is 0 Å². The monoisotopic (exact) mass is 246 g/mol. The first-order valence-corrected chi connectivity index (χ1v) is 5.99. The fraction of sp³-hybridized carbons (Fsp3) is 0.909. The van der Waals surface area contributed by atoms with Crippen LogP contribution in [0.3, 0.4) is 0 Å². The van der Waals surface area contributed by atoms with Crippen molar-refractivity contribution in [3.63, 3.8) is 0 Å². The molecule has 3 fully saturated rings. The second kappa shape index (κ2) is 4.90. The van der Waals surface area contributed by atoms with Crippen LogP contribution in [0.25, 0.3) is 0 Å². The van der Waals surface area contributed by atoms with Gasteiger partial charge in [-0.15, -0.1) is 12.4 Å². The molecule has 3 aliphatic heterocycles. The Morgan fingerprint density at radius 1 is 1.31 bits per heavy atom. The van der Waals surface area contributed by atoms with Crippen molar-refractivity contribution in [1.29, 1.82) is 0 Å². The van der Waals surface area contributed by atoms with Crippen LogP contribution in [0.4, 0.5) is 0 Å². The van der Waals surface area contributed by atoms with Crippen LogP contribution in [0.15, 0.2) is 0 Å². The fourth-order valence-corrected chi connectivity index (χ4v) is 2.97. The van der Waals surface area contributed by atoms with Crippen molar-refractivity contribution in [2.45, 2.75) is 43.9 Å². The lowest BCUT2D eigenvalue weighted by Crippen LogP contribution is -2.44. The highest BCUT2D eigenvalue weighted by Gasteiger charge is 2.42. The number of halogens is 1. The van der Waals surface area contributed by atoms with Gasteiger partial charge in [0, 0.05) is 6.54 Å². The third-order valence-electron chi connectivity index (χ3n) is 3.86. The van der Waals surface area contributed by atoms with Crippen LogP contribution in [-0.4, -0.2) is 37.2 Å². The summed E-state index contributed by atoms with van der Waals surface area (Å²) in [5, 5.41) is 6.37. The molecular formula is C11H19ClN2O2. The molecule has 4 unspecified atom stereocenters. The van der Waals surface area contributed by atoms with Crippen LogP contribution in [0.2, 0.25) is 0 Å². The Balaban J connectivity index is 0.000000963. The Morgan fingerprint density at radius 2 is 2.19 bits per heavy atom. The van der Waals surface area contributed by atoms with Gasteiger partial charge in [0.1, 0.15) is 0 Å². The molecule has 3 aliphatic rings. The number of rotatable bonds is 2. The van der Waals surface area contributed by atoms with E-state index in [9.17, 15) is 4.79 Å². The number of nitrogens with one attached hydrogen (secondary N) is 2. The molecule has 3 heterocycles. The van der Waals surface area contributed by atoms with E-state index < -0.39 is 0 Å². The number of hydrogen-bond acceptors (Lipinski definition) is 3. The van der Waals surface area contributed by atoms with Gasteiger partial charge < -0.3 is 15.4 Å². The molecule has 0 aliphatic carbocycles. The molecular weight excluding hydrogens is 228 g/mol. The standard InChI is InChI=1S/C11H18N2O2.ClH/c14-11(7-3-4-12-6-7)13-9-5-8-1-2-10(9)15-8;/h7-10,12H,1-6H2,(H,13,14);1H. The van der Waals surface area contributed by atoms with Gasteiger partial charge in [-0.05, 0) is 32.2 Å². The van der Waals surface area contributed by atoms with Crippen molar-refractivity contribution in [3.05, 3.63) is 0 Å². The third-order valence-corrected chi connectivity index (χ3v) is 3.86. The summed E-state index contributed by atoms with van der Waals surface area (Å²) in [7, 11) is 0. The van der Waals surface area contributed by atoms with Gasteiger partial charge in [0.05, 0.1) is 24.2 Å². The summed E-state index contributed by atoms with van der Waals surface area (Å²) in [5.41, 5.74) is 0. The molecule has 2 bridgehead atoms. The topological polar surface area (TPSA) is 50.4 Å². The van der Waals surface area contributed by atoms with Gasteiger partial charge in [-0.2, -0.15) is 0 Å². The summed E-state index contributed by atoms with van der Waals surface area (Å²) in [5.74, 6) is 0.408. The molecule has 2 N–H and O–H groups in total. The quantitative estimate of drug-likeness (QED) is 0.744. The van der Waals surface area contributed by atoms with E-state index in [0.29, 0.717) is 12.2 Å². The third kappa shape index (κ3) is 2.19. The molecule has 1 amide bonds. The van der Waals surface area contributed by atoms with Crippen LogP contribution in [0, 0.1) is 5.92 Å². The van der Waals surface area contributed by atoms with E-state index in [4.69, 9.17) is 4.74 Å². The van der Waals surface area contributed by atoms with E-state index in [1.54, 1.807) is 0 Å². The zero-order valence-electron chi connectivity index (χ0n) is 9.28. The van der Waals surface area contributed by atoms with E-state index in [2.05, 4.69) is 10.6 Å². The average molecular weight is 247 g/mol. The first-order valence-electron chi connectivity index (χ1n) is 5.99. The lowest BCUT2D eigenvalue weighted by Gasteiger charge is -2.21. The van der Waals surface area contributed by atoms with Crippen molar-refractivity contribution in [2.75, 3.05) is 13.1 Å². The maximum Gasteiger partial charge on any atom is 0.224 e. The predicted molar refractivity (Wildman–Crippen MR) is 62.7 cm³/mol. The molecule has 0 aromatic heterocycles. The van der Waals surface area contributed by atoms with Gasteiger partial charge in [0.25, 0.3) is 0 Å². The number of carbonyl (C=O) groups is 1. The SMILES string of the molecule is Cl.O=C(NC1CC2CCC1O2)C1CCNC1. The molecule has 4 nitrogen and oxygen atoms in total. The van der Waals surface area contributed by atoms with Gasteiger partial charge in [0.15, 0.2) is 0 Å². The van der Waals surface area contributed by atoms with Crippen LogP contribution in [-0.2, 0) is 9.53 Å². The number of amides is 1. The summed E-state index contributed by atoms with van der Waals surface area (Å²) in [6.45, 7) is 1.82. The van der Waals surface area contributed by atoms with Crippen LogP contribution >= 0.6 is 12.4 Å². The van der Waals surface area contributed by atoms with Crippen molar-refractivity contribution < 1.29 is 9.53 Å². The largest absolute Gasteiger partial charge is 0.373 e. The summed E-state index contributed by atoms with van der Waals surface area (Å²) in [4.78, 5) is 11.9. The van der Waals surface area contributed by atoms with E-state index in [-0.39, 0.29) is 30.3 Å². The minimum absolute atomic E-state index is 0. The first kappa shape index (κ1) is 12.1. The lowest BCUT2D eigenvalue weighted by molar-refractivity contribution is -0.125. The Labute approximate surface area is 102 Å². The molecule has 3 rings (SSSR count). The van der Waals surface area contributed by atoms with E-state index in [1.807, 2.05) is 0 Å². The van der Waals surface area contributed by atoms with Crippen molar-refractivity contribution in [2.24, 2.45) is 5.92 Å². The highest BCUT2D eigenvalue weighted by molar-refractivity contribution is 5.85. The molecule has 0 aromatic rings. The Bertz CT molecular complexity index is 269. The minimum Gasteiger partial charge on any atom is -0.373 e. The smallest absolute Gasteiger partial charge is 0.224 e.